The molecule has 10 heteroatoms. The van der Waals surface area contributed by atoms with Gasteiger partial charge in [-0.2, -0.15) is 0 Å². The number of para-hydroxylation sites is 2. The first-order chi connectivity index (χ1) is 20.8. The number of thiazole rings is 1. The largest absolute Gasteiger partial charge is 0.496 e. The molecule has 0 radical (unpaired) electrons. The third-order valence-electron chi connectivity index (χ3n) is 7.41. The number of hydrogen-bond donors (Lipinski definition) is 0. The first kappa shape index (κ1) is 29.0. The number of carbonyl (C=O) groups is 1. The number of carbonyl (C=O) groups excluding carboxylic acids is 1. The van der Waals surface area contributed by atoms with Gasteiger partial charge in [-0.1, -0.05) is 77.0 Å². The van der Waals surface area contributed by atoms with E-state index < -0.39 is 12.0 Å². The molecule has 7 nitrogen and oxygen atoms in total. The highest BCUT2D eigenvalue weighted by molar-refractivity contribution is 7.07. The fraction of sp³-hybridized carbons (Fsp3) is 0.182. The topological polar surface area (TPSA) is 74.8 Å². The number of benzene rings is 3. The van der Waals surface area contributed by atoms with Crippen LogP contribution >= 0.6 is 34.5 Å². The maximum absolute atomic E-state index is 14.2. The Balaban J connectivity index is 1.53. The minimum Gasteiger partial charge on any atom is -0.496 e. The lowest BCUT2D eigenvalue weighted by atomic mass is 9.95. The van der Waals surface area contributed by atoms with Gasteiger partial charge in [-0.05, 0) is 49.8 Å². The fourth-order valence-electron chi connectivity index (χ4n) is 5.47. The molecule has 43 heavy (non-hydrogen) atoms. The molecule has 0 aliphatic carbocycles. The van der Waals surface area contributed by atoms with Crippen molar-refractivity contribution in [1.29, 1.82) is 0 Å². The zero-order valence-electron chi connectivity index (χ0n) is 23.6. The van der Waals surface area contributed by atoms with Gasteiger partial charge in [0.1, 0.15) is 11.8 Å². The molecule has 1 aliphatic rings. The summed E-state index contributed by atoms with van der Waals surface area (Å²) in [6, 6.07) is 20.1. The second-order valence-corrected chi connectivity index (χ2v) is 11.9. The van der Waals surface area contributed by atoms with Gasteiger partial charge in [0.25, 0.3) is 5.56 Å². The molecule has 0 bridgehead atoms. The summed E-state index contributed by atoms with van der Waals surface area (Å²) >= 11 is 13.9. The second-order valence-electron chi connectivity index (χ2n) is 10.0. The summed E-state index contributed by atoms with van der Waals surface area (Å²) < 4.78 is 15.2. The van der Waals surface area contributed by atoms with Crippen LogP contribution in [0.3, 0.4) is 0 Å². The highest BCUT2D eigenvalue weighted by atomic mass is 35.5. The molecule has 3 aromatic carbocycles. The van der Waals surface area contributed by atoms with Crippen LogP contribution < -0.4 is 19.6 Å². The van der Waals surface area contributed by atoms with Gasteiger partial charge in [0.15, 0.2) is 4.80 Å². The Bertz CT molecular complexity index is 2110. The fourth-order valence-corrected chi connectivity index (χ4v) is 6.98. The molecule has 0 spiro atoms. The molecule has 0 N–H and O–H groups in total. The van der Waals surface area contributed by atoms with Gasteiger partial charge < -0.3 is 14.0 Å². The summed E-state index contributed by atoms with van der Waals surface area (Å²) in [7, 11) is 1.57. The summed E-state index contributed by atoms with van der Waals surface area (Å²) in [5.74, 6) is 0.0420. The average molecular weight is 633 g/mol. The molecular formula is C33H27Cl2N3O4S. The zero-order chi connectivity index (χ0) is 30.2. The van der Waals surface area contributed by atoms with E-state index in [9.17, 15) is 9.59 Å². The lowest BCUT2D eigenvalue weighted by Crippen LogP contribution is -2.40. The van der Waals surface area contributed by atoms with Crippen LogP contribution in [0.15, 0.2) is 94.0 Å². The highest BCUT2D eigenvalue weighted by Gasteiger charge is 2.35. The molecule has 0 unspecified atom stereocenters. The van der Waals surface area contributed by atoms with E-state index in [-0.39, 0.29) is 12.2 Å². The van der Waals surface area contributed by atoms with Gasteiger partial charge in [0, 0.05) is 44.8 Å². The van der Waals surface area contributed by atoms with Crippen molar-refractivity contribution in [3.8, 4) is 5.75 Å². The zero-order valence-corrected chi connectivity index (χ0v) is 26.0. The van der Waals surface area contributed by atoms with Gasteiger partial charge in [0.05, 0.1) is 29.5 Å². The standard InChI is InChI=1S/C33H27Cl2N3O4S/c1-4-42-32(40)29-19(2)36-33-38(30(29)24-10-6-8-12-27(24)41-3)31(39)28(43-33)15-21-18-37(26-11-7-5-9-23(21)26)17-20-13-14-22(34)16-25(20)35/h5-16,18,30H,4,17H2,1-3H3/b28-15-/t30-/m1/s1. The van der Waals surface area contributed by atoms with E-state index in [2.05, 4.69) is 4.57 Å². The van der Waals surface area contributed by atoms with Gasteiger partial charge in [-0.3, -0.25) is 9.36 Å². The van der Waals surface area contributed by atoms with Crippen LogP contribution in [-0.2, 0) is 16.1 Å². The van der Waals surface area contributed by atoms with Crippen molar-refractivity contribution in [2.75, 3.05) is 13.7 Å². The van der Waals surface area contributed by atoms with Crippen molar-refractivity contribution in [3.63, 3.8) is 0 Å². The molecule has 1 atom stereocenters. The van der Waals surface area contributed by atoms with Crippen LogP contribution in [0.1, 0.15) is 36.6 Å². The summed E-state index contributed by atoms with van der Waals surface area (Å²) in [4.78, 5) is 32.6. The summed E-state index contributed by atoms with van der Waals surface area (Å²) in [5.41, 5.74) is 4.02. The molecule has 6 rings (SSSR count). The maximum atomic E-state index is 14.2. The van der Waals surface area contributed by atoms with Crippen LogP contribution in [0.25, 0.3) is 17.0 Å². The third-order valence-corrected chi connectivity index (χ3v) is 8.98. The SMILES string of the molecule is CCOC(=O)C1=C(C)N=c2s/c(=C\c3cn(Cc4ccc(Cl)cc4Cl)c4ccccc34)c(=O)n2[C@@H]1c1ccccc1OC. The molecular weight excluding hydrogens is 605 g/mol. The molecule has 0 saturated carbocycles. The van der Waals surface area contributed by atoms with Gasteiger partial charge in [-0.15, -0.1) is 0 Å². The quantitative estimate of drug-likeness (QED) is 0.203. The number of halogens is 2. The van der Waals surface area contributed by atoms with E-state index in [1.54, 1.807) is 31.6 Å². The Morgan fingerprint density at radius 3 is 2.63 bits per heavy atom. The van der Waals surface area contributed by atoms with Crippen LogP contribution in [0.2, 0.25) is 10.0 Å². The third kappa shape index (κ3) is 5.31. The molecule has 5 aromatic rings. The number of methoxy groups -OCH3 is 1. The van der Waals surface area contributed by atoms with Crippen molar-refractivity contribution in [1.82, 2.24) is 9.13 Å². The Hall–Kier alpha value is -4.11. The molecule has 218 valence electrons. The summed E-state index contributed by atoms with van der Waals surface area (Å²) in [5, 5.41) is 2.15. The monoisotopic (exact) mass is 631 g/mol. The predicted molar refractivity (Wildman–Crippen MR) is 171 cm³/mol. The Morgan fingerprint density at radius 1 is 1.09 bits per heavy atom. The Labute approximate surface area is 261 Å². The van der Waals surface area contributed by atoms with Gasteiger partial charge in [0.2, 0.25) is 0 Å². The van der Waals surface area contributed by atoms with E-state index in [1.165, 1.54) is 11.3 Å². The average Bonchev–Trinajstić information content (AvgIpc) is 3.50. The Morgan fingerprint density at radius 2 is 1.86 bits per heavy atom. The number of aromatic nitrogens is 2. The minimum absolute atomic E-state index is 0.198. The number of allylic oxidation sites excluding steroid dienone is 1. The number of fused-ring (bicyclic) bond motifs is 2. The number of nitrogens with zero attached hydrogens (tertiary/aromatic N) is 3. The van der Waals surface area contributed by atoms with E-state index in [0.717, 1.165) is 22.0 Å². The maximum Gasteiger partial charge on any atom is 0.338 e. The van der Waals surface area contributed by atoms with Crippen molar-refractivity contribution in [2.24, 2.45) is 4.99 Å². The van der Waals surface area contributed by atoms with Crippen LogP contribution in [0, 0.1) is 0 Å². The van der Waals surface area contributed by atoms with Crippen molar-refractivity contribution < 1.29 is 14.3 Å². The lowest BCUT2D eigenvalue weighted by Gasteiger charge is -2.25. The van der Waals surface area contributed by atoms with Crippen molar-refractivity contribution in [3.05, 3.63) is 131 Å². The predicted octanol–water partition coefficient (Wildman–Crippen LogP) is 6.12. The number of hydrogen-bond acceptors (Lipinski definition) is 6. The molecule has 3 heterocycles. The number of rotatable bonds is 7. The molecule has 1 aliphatic heterocycles. The molecule has 0 amide bonds. The highest BCUT2D eigenvalue weighted by Crippen LogP contribution is 2.35. The van der Waals surface area contributed by atoms with Crippen LogP contribution in [-0.4, -0.2) is 28.8 Å². The first-order valence-electron chi connectivity index (χ1n) is 13.6. The molecule has 0 saturated heterocycles. The molecule has 2 aromatic heterocycles. The van der Waals surface area contributed by atoms with Crippen molar-refractivity contribution >= 4 is 57.5 Å². The summed E-state index contributed by atoms with van der Waals surface area (Å²) in [6.07, 6.45) is 3.90. The minimum atomic E-state index is -0.762. The smallest absolute Gasteiger partial charge is 0.338 e. The van der Waals surface area contributed by atoms with E-state index in [1.807, 2.05) is 72.9 Å². The summed E-state index contributed by atoms with van der Waals surface area (Å²) in [6.45, 7) is 4.24. The van der Waals surface area contributed by atoms with Crippen LogP contribution in [0.4, 0.5) is 0 Å². The van der Waals surface area contributed by atoms with Gasteiger partial charge >= 0.3 is 5.97 Å². The van der Waals surface area contributed by atoms with Crippen molar-refractivity contribution in [2.45, 2.75) is 26.4 Å². The normalized spacial score (nSPS) is 15.0. The van der Waals surface area contributed by atoms with E-state index in [4.69, 9.17) is 37.7 Å². The Kier molecular flexibility index (Phi) is 8.01. The van der Waals surface area contributed by atoms with Crippen LogP contribution in [0.5, 0.6) is 5.75 Å². The number of esters is 1. The molecule has 0 fully saturated rings. The van der Waals surface area contributed by atoms with Gasteiger partial charge in [-0.25, -0.2) is 9.79 Å². The lowest BCUT2D eigenvalue weighted by molar-refractivity contribution is -0.139. The van der Waals surface area contributed by atoms with E-state index >= 15 is 0 Å². The first-order valence-corrected chi connectivity index (χ1v) is 15.2. The number of ether oxygens (including phenoxy) is 2. The van der Waals surface area contributed by atoms with E-state index in [0.29, 0.717) is 48.5 Å². The second kappa shape index (κ2) is 11.9.